The average molecular weight is 509 g/mol. The average Bonchev–Trinajstić information content (AvgIpc) is 2.93. The van der Waals surface area contributed by atoms with E-state index in [-0.39, 0.29) is 5.56 Å². The summed E-state index contributed by atoms with van der Waals surface area (Å²) < 4.78 is 1.71. The molecule has 0 saturated carbocycles. The lowest BCUT2D eigenvalue weighted by Gasteiger charge is -2.24. The highest BCUT2D eigenvalue weighted by atomic mass is 16.4. The summed E-state index contributed by atoms with van der Waals surface area (Å²) in [6.07, 6.45) is 5.13. The fraction of sp³-hybridized carbons (Fsp3) is 0.364. The minimum Gasteiger partial charge on any atom is -0.481 e. The zero-order valence-electron chi connectivity index (χ0n) is 22.5. The van der Waals surface area contributed by atoms with Crippen LogP contribution in [0.3, 0.4) is 0 Å². The lowest BCUT2D eigenvalue weighted by molar-refractivity contribution is -0.139. The van der Waals surface area contributed by atoms with Gasteiger partial charge < -0.3 is 5.11 Å². The second-order valence-corrected chi connectivity index (χ2v) is 10.8. The van der Waals surface area contributed by atoms with Crippen LogP contribution in [0.4, 0.5) is 0 Å². The lowest BCUT2D eigenvalue weighted by atomic mass is 9.85. The number of pyridine rings is 2. The van der Waals surface area contributed by atoms with Gasteiger partial charge in [0.15, 0.2) is 0 Å². The van der Waals surface area contributed by atoms with E-state index in [2.05, 4.69) is 32.0 Å². The van der Waals surface area contributed by atoms with Gasteiger partial charge in [-0.25, -0.2) is 4.98 Å². The first-order chi connectivity index (χ1) is 18.4. The van der Waals surface area contributed by atoms with Crippen LogP contribution < -0.4 is 5.56 Å². The first kappa shape index (κ1) is 25.9. The monoisotopic (exact) mass is 508 g/mol. The van der Waals surface area contributed by atoms with E-state index in [4.69, 9.17) is 4.98 Å². The molecule has 5 heteroatoms. The second-order valence-electron chi connectivity index (χ2n) is 10.8. The largest absolute Gasteiger partial charge is 0.481 e. The van der Waals surface area contributed by atoms with Crippen LogP contribution in [-0.4, -0.2) is 20.6 Å². The second kappa shape index (κ2) is 10.9. The summed E-state index contributed by atoms with van der Waals surface area (Å²) in [4.78, 5) is 32.2. The van der Waals surface area contributed by atoms with Crippen molar-refractivity contribution in [1.82, 2.24) is 9.55 Å². The van der Waals surface area contributed by atoms with Crippen molar-refractivity contribution >= 4 is 17.0 Å². The van der Waals surface area contributed by atoms with Crippen LogP contribution in [0.1, 0.15) is 86.2 Å². The van der Waals surface area contributed by atoms with Gasteiger partial charge in [-0.2, -0.15) is 0 Å². The van der Waals surface area contributed by atoms with Crippen LogP contribution in [0.25, 0.3) is 22.2 Å². The summed E-state index contributed by atoms with van der Waals surface area (Å²) in [5.41, 5.74) is 6.82. The summed E-state index contributed by atoms with van der Waals surface area (Å²) in [6.45, 7) is 6.62. The maximum atomic E-state index is 14.4. The van der Waals surface area contributed by atoms with E-state index in [1.165, 1.54) is 11.1 Å². The highest BCUT2D eigenvalue weighted by Gasteiger charge is 2.30. The molecule has 0 fully saturated rings. The van der Waals surface area contributed by atoms with E-state index >= 15 is 0 Å². The van der Waals surface area contributed by atoms with E-state index in [0.717, 1.165) is 53.5 Å². The van der Waals surface area contributed by atoms with Crippen molar-refractivity contribution in [2.75, 3.05) is 0 Å². The summed E-state index contributed by atoms with van der Waals surface area (Å²) >= 11 is 0. The van der Waals surface area contributed by atoms with Crippen LogP contribution in [0.15, 0.2) is 65.5 Å². The molecule has 5 rings (SSSR count). The Labute approximate surface area is 224 Å². The van der Waals surface area contributed by atoms with Gasteiger partial charge in [-0.05, 0) is 66.3 Å². The van der Waals surface area contributed by atoms with Crippen molar-refractivity contribution in [3.05, 3.63) is 99.0 Å². The van der Waals surface area contributed by atoms with Gasteiger partial charge in [-0.1, -0.05) is 81.8 Å². The highest BCUT2D eigenvalue weighted by Crippen LogP contribution is 2.38. The van der Waals surface area contributed by atoms with Crippen molar-refractivity contribution in [3.8, 4) is 11.1 Å². The van der Waals surface area contributed by atoms with Gasteiger partial charge in [0.2, 0.25) is 0 Å². The van der Waals surface area contributed by atoms with Crippen LogP contribution in [-0.2, 0) is 24.2 Å². The third-order valence-corrected chi connectivity index (χ3v) is 7.82. The third-order valence-electron chi connectivity index (χ3n) is 7.82. The normalized spacial score (nSPS) is 14.0. The minimum absolute atomic E-state index is 0.256. The standard InChI is InChI=1S/C33H36N2O3/c1-4-10-26(33(37)38)30-29(24-17-15-23(16-18-24)21(2)3)27-19-25-13-8-9-14-28(25)34-31(27)35(32(30)36)20-22-11-6-5-7-12-22/h5-7,11-12,15-19,21,26H,4,8-10,13-14,20H2,1-3H3,(H,37,38). The van der Waals surface area contributed by atoms with Gasteiger partial charge in [-0.3, -0.25) is 14.2 Å². The molecular formula is C33H36N2O3. The number of carboxylic acids is 1. The zero-order chi connectivity index (χ0) is 26.8. The molecule has 4 aromatic rings. The number of carboxylic acid groups (broad SMARTS) is 1. The Morgan fingerprint density at radius 3 is 2.39 bits per heavy atom. The first-order valence-electron chi connectivity index (χ1n) is 13.8. The van der Waals surface area contributed by atoms with E-state index in [0.29, 0.717) is 36.5 Å². The molecule has 0 amide bonds. The van der Waals surface area contributed by atoms with Crippen LogP contribution in [0, 0.1) is 0 Å². The van der Waals surface area contributed by atoms with Crippen molar-refractivity contribution < 1.29 is 9.90 Å². The fourth-order valence-corrected chi connectivity index (χ4v) is 5.77. The summed E-state index contributed by atoms with van der Waals surface area (Å²) in [7, 11) is 0. The van der Waals surface area contributed by atoms with Crippen LogP contribution in [0.5, 0.6) is 0 Å². The molecule has 1 N–H and O–H groups in total. The van der Waals surface area contributed by atoms with E-state index in [1.54, 1.807) is 4.57 Å². The maximum Gasteiger partial charge on any atom is 0.311 e. The maximum absolute atomic E-state index is 14.4. The van der Waals surface area contributed by atoms with E-state index in [1.807, 2.05) is 49.4 Å². The van der Waals surface area contributed by atoms with Gasteiger partial charge in [0.05, 0.1) is 12.5 Å². The van der Waals surface area contributed by atoms with Crippen molar-refractivity contribution in [1.29, 1.82) is 0 Å². The molecule has 2 aromatic carbocycles. The molecule has 1 aliphatic carbocycles. The number of hydrogen-bond acceptors (Lipinski definition) is 3. The Morgan fingerprint density at radius 1 is 1.03 bits per heavy atom. The molecule has 196 valence electrons. The number of hydrogen-bond donors (Lipinski definition) is 1. The van der Waals surface area contributed by atoms with Gasteiger partial charge in [-0.15, -0.1) is 0 Å². The molecular weight excluding hydrogens is 472 g/mol. The molecule has 38 heavy (non-hydrogen) atoms. The van der Waals surface area contributed by atoms with E-state index in [9.17, 15) is 14.7 Å². The Hall–Kier alpha value is -3.73. The summed E-state index contributed by atoms with van der Waals surface area (Å²) in [6, 6.07) is 20.3. The number of carbonyl (C=O) groups is 1. The number of aromatic nitrogens is 2. The number of benzene rings is 2. The van der Waals surface area contributed by atoms with Crippen LogP contribution >= 0.6 is 0 Å². The Morgan fingerprint density at radius 2 is 1.74 bits per heavy atom. The van der Waals surface area contributed by atoms with Crippen molar-refractivity contribution in [2.45, 2.75) is 77.7 Å². The predicted octanol–water partition coefficient (Wildman–Crippen LogP) is 7.08. The number of nitrogens with zero attached hydrogens (tertiary/aromatic N) is 2. The van der Waals surface area contributed by atoms with Gasteiger partial charge in [0, 0.05) is 22.2 Å². The van der Waals surface area contributed by atoms with Crippen molar-refractivity contribution in [3.63, 3.8) is 0 Å². The molecule has 5 nitrogen and oxygen atoms in total. The topological polar surface area (TPSA) is 72.2 Å². The van der Waals surface area contributed by atoms with Crippen LogP contribution in [0.2, 0.25) is 0 Å². The SMILES string of the molecule is CCCC(C(=O)O)c1c(-c2ccc(C(C)C)cc2)c2cc3c(nc2n(Cc2ccccc2)c1=O)CCCC3. The Kier molecular flexibility index (Phi) is 7.46. The van der Waals surface area contributed by atoms with Gasteiger partial charge >= 0.3 is 5.97 Å². The zero-order valence-corrected chi connectivity index (χ0v) is 22.5. The Bertz CT molecular complexity index is 1520. The Balaban J connectivity index is 1.89. The molecule has 1 unspecified atom stereocenters. The van der Waals surface area contributed by atoms with Gasteiger partial charge in [0.25, 0.3) is 5.56 Å². The molecule has 0 radical (unpaired) electrons. The molecule has 0 spiro atoms. The summed E-state index contributed by atoms with van der Waals surface area (Å²) in [5, 5.41) is 11.2. The molecule has 0 aliphatic heterocycles. The smallest absolute Gasteiger partial charge is 0.311 e. The molecule has 1 atom stereocenters. The third kappa shape index (κ3) is 4.90. The number of rotatable bonds is 8. The molecule has 1 aliphatic rings. The molecule has 0 saturated heterocycles. The number of fused-ring (bicyclic) bond motifs is 2. The molecule has 2 heterocycles. The van der Waals surface area contributed by atoms with Gasteiger partial charge in [0.1, 0.15) is 5.65 Å². The van der Waals surface area contributed by atoms with Crippen molar-refractivity contribution in [2.24, 2.45) is 0 Å². The highest BCUT2D eigenvalue weighted by molar-refractivity contribution is 5.97. The number of aliphatic carboxylic acids is 1. The quantitative estimate of drug-likeness (QED) is 0.276. The lowest BCUT2D eigenvalue weighted by Crippen LogP contribution is -2.31. The number of aryl methyl sites for hydroxylation is 2. The first-order valence-corrected chi connectivity index (χ1v) is 13.8. The molecule has 2 aromatic heterocycles. The fourth-order valence-electron chi connectivity index (χ4n) is 5.77. The summed E-state index contributed by atoms with van der Waals surface area (Å²) in [5.74, 6) is -1.48. The van der Waals surface area contributed by atoms with E-state index < -0.39 is 11.9 Å². The minimum atomic E-state index is -0.958. The predicted molar refractivity (Wildman–Crippen MR) is 153 cm³/mol. The molecule has 0 bridgehead atoms.